The third-order valence-electron chi connectivity index (χ3n) is 3.03. The van der Waals surface area contributed by atoms with E-state index in [1.54, 1.807) is 30.8 Å². The van der Waals surface area contributed by atoms with Crippen molar-refractivity contribution >= 4 is 52.5 Å². The summed E-state index contributed by atoms with van der Waals surface area (Å²) >= 11 is 4.45. The number of nitrogens with zero attached hydrogens (tertiary/aromatic N) is 2. The van der Waals surface area contributed by atoms with Gasteiger partial charge in [0.2, 0.25) is 5.91 Å². The molecule has 2 N–H and O–H groups in total. The SMILES string of the molecule is CCCCSc1nnc(SC(C)C(=O)NC(=O)Nc2ccccc2)s1. The van der Waals surface area contributed by atoms with Gasteiger partial charge in [-0.3, -0.25) is 10.1 Å². The molecule has 0 aliphatic rings. The number of carbonyl (C=O) groups is 2. The molecule has 0 aliphatic carbocycles. The maximum absolute atomic E-state index is 12.1. The number of rotatable bonds is 8. The Morgan fingerprint density at radius 1 is 1.20 bits per heavy atom. The lowest BCUT2D eigenvalue weighted by molar-refractivity contribution is -0.119. The number of nitrogens with one attached hydrogen (secondary N) is 2. The first kappa shape index (κ1) is 19.7. The van der Waals surface area contributed by atoms with Crippen LogP contribution in [0, 0.1) is 0 Å². The Labute approximate surface area is 159 Å². The van der Waals surface area contributed by atoms with Gasteiger partial charge in [0.1, 0.15) is 0 Å². The molecule has 3 amide bonds. The average Bonchev–Trinajstić information content (AvgIpc) is 3.03. The molecule has 6 nitrogen and oxygen atoms in total. The largest absolute Gasteiger partial charge is 0.325 e. The predicted octanol–water partition coefficient (Wildman–Crippen LogP) is 4.26. The highest BCUT2D eigenvalue weighted by Gasteiger charge is 2.19. The van der Waals surface area contributed by atoms with Gasteiger partial charge >= 0.3 is 6.03 Å². The molecule has 0 bridgehead atoms. The number of para-hydroxylation sites is 1. The fourth-order valence-corrected chi connectivity index (χ4v) is 5.03. The molecule has 2 rings (SSSR count). The molecule has 1 heterocycles. The highest BCUT2D eigenvalue weighted by atomic mass is 32.2. The van der Waals surface area contributed by atoms with Crippen LogP contribution >= 0.6 is 34.9 Å². The number of benzene rings is 1. The van der Waals surface area contributed by atoms with Crippen LogP contribution in [0.3, 0.4) is 0 Å². The lowest BCUT2D eigenvalue weighted by Gasteiger charge is -2.10. The van der Waals surface area contributed by atoms with Crippen LogP contribution in [0.5, 0.6) is 0 Å². The summed E-state index contributed by atoms with van der Waals surface area (Å²) < 4.78 is 1.63. The van der Waals surface area contributed by atoms with Crippen molar-refractivity contribution in [2.45, 2.75) is 40.6 Å². The van der Waals surface area contributed by atoms with Crippen LogP contribution < -0.4 is 10.6 Å². The molecule has 134 valence electrons. The van der Waals surface area contributed by atoms with E-state index < -0.39 is 11.3 Å². The first-order chi connectivity index (χ1) is 12.1. The van der Waals surface area contributed by atoms with Crippen LogP contribution in [0.2, 0.25) is 0 Å². The molecule has 0 fully saturated rings. The molecule has 1 aromatic carbocycles. The van der Waals surface area contributed by atoms with Gasteiger partial charge in [-0.1, -0.05) is 66.4 Å². The molecule has 1 aromatic heterocycles. The van der Waals surface area contributed by atoms with Gasteiger partial charge in [0.25, 0.3) is 0 Å². The van der Waals surface area contributed by atoms with Gasteiger partial charge in [0.05, 0.1) is 5.25 Å². The fourth-order valence-electron chi connectivity index (χ4n) is 1.71. The third kappa shape index (κ3) is 7.05. The van der Waals surface area contributed by atoms with E-state index in [2.05, 4.69) is 27.8 Å². The number of urea groups is 1. The number of amides is 3. The molecule has 0 aliphatic heterocycles. The average molecular weight is 397 g/mol. The highest BCUT2D eigenvalue weighted by Crippen LogP contribution is 2.31. The van der Waals surface area contributed by atoms with Crippen LogP contribution in [0.1, 0.15) is 26.7 Å². The second kappa shape index (κ2) is 10.4. The highest BCUT2D eigenvalue weighted by molar-refractivity contribution is 8.03. The number of hydrogen-bond donors (Lipinski definition) is 2. The summed E-state index contributed by atoms with van der Waals surface area (Å²) in [5, 5.41) is 12.7. The monoisotopic (exact) mass is 396 g/mol. The van der Waals surface area contributed by atoms with Crippen molar-refractivity contribution < 1.29 is 9.59 Å². The Morgan fingerprint density at radius 3 is 2.64 bits per heavy atom. The number of anilines is 1. The Kier molecular flexibility index (Phi) is 8.23. The van der Waals surface area contributed by atoms with Gasteiger partial charge in [0.15, 0.2) is 8.68 Å². The first-order valence-electron chi connectivity index (χ1n) is 7.88. The molecule has 0 saturated carbocycles. The molecule has 0 spiro atoms. The summed E-state index contributed by atoms with van der Waals surface area (Å²) in [5.74, 6) is 0.653. The summed E-state index contributed by atoms with van der Waals surface area (Å²) in [6, 6.07) is 8.42. The Morgan fingerprint density at radius 2 is 1.92 bits per heavy atom. The van der Waals surface area contributed by atoms with E-state index >= 15 is 0 Å². The Hall–Kier alpha value is -1.58. The van der Waals surface area contributed by atoms with Crippen LogP contribution in [0.4, 0.5) is 10.5 Å². The van der Waals surface area contributed by atoms with E-state index in [1.807, 2.05) is 18.2 Å². The molecular weight excluding hydrogens is 376 g/mol. The molecule has 0 saturated heterocycles. The minimum Gasteiger partial charge on any atom is -0.308 e. The summed E-state index contributed by atoms with van der Waals surface area (Å²) in [7, 11) is 0. The standard InChI is InChI=1S/C16H20N4O2S3/c1-3-4-10-23-15-19-20-16(25-15)24-11(2)13(21)18-14(22)17-12-8-6-5-7-9-12/h5-9,11H,3-4,10H2,1-2H3,(H2,17,18,21,22). The first-order valence-corrected chi connectivity index (χ1v) is 10.6. The number of thioether (sulfide) groups is 2. The number of unbranched alkanes of at least 4 members (excludes halogenated alkanes) is 1. The van der Waals surface area contributed by atoms with Crippen molar-refractivity contribution in [3.05, 3.63) is 30.3 Å². The van der Waals surface area contributed by atoms with Crippen molar-refractivity contribution in [3.8, 4) is 0 Å². The van der Waals surface area contributed by atoms with E-state index in [1.165, 1.54) is 23.1 Å². The number of hydrogen-bond acceptors (Lipinski definition) is 7. The maximum atomic E-state index is 12.1. The van der Waals surface area contributed by atoms with Crippen LogP contribution in [0.25, 0.3) is 0 Å². The third-order valence-corrected chi connectivity index (χ3v) is 6.35. The predicted molar refractivity (Wildman–Crippen MR) is 104 cm³/mol. The zero-order chi connectivity index (χ0) is 18.1. The van der Waals surface area contributed by atoms with Gasteiger partial charge in [0, 0.05) is 11.4 Å². The van der Waals surface area contributed by atoms with Gasteiger partial charge in [-0.05, 0) is 25.5 Å². The summed E-state index contributed by atoms with van der Waals surface area (Å²) in [6.07, 6.45) is 2.29. The van der Waals surface area contributed by atoms with Crippen LogP contribution in [-0.4, -0.2) is 33.1 Å². The minimum atomic E-state index is -0.545. The van der Waals surface area contributed by atoms with E-state index in [-0.39, 0.29) is 5.91 Å². The number of imide groups is 1. The van der Waals surface area contributed by atoms with Gasteiger partial charge in [-0.25, -0.2) is 4.79 Å². The zero-order valence-corrected chi connectivity index (χ0v) is 16.5. The quantitative estimate of drug-likeness (QED) is 0.512. The van der Waals surface area contributed by atoms with Crippen molar-refractivity contribution in [1.82, 2.24) is 15.5 Å². The zero-order valence-electron chi connectivity index (χ0n) is 14.0. The summed E-state index contributed by atoms with van der Waals surface area (Å²) in [5.41, 5.74) is 0.631. The molecule has 25 heavy (non-hydrogen) atoms. The van der Waals surface area contributed by atoms with E-state index in [4.69, 9.17) is 0 Å². The lowest BCUT2D eigenvalue weighted by atomic mass is 10.3. The van der Waals surface area contributed by atoms with Crippen molar-refractivity contribution in [3.63, 3.8) is 0 Å². The van der Waals surface area contributed by atoms with Crippen molar-refractivity contribution in [2.24, 2.45) is 0 Å². The second-order valence-electron chi connectivity index (χ2n) is 5.11. The van der Waals surface area contributed by atoms with Crippen LogP contribution in [-0.2, 0) is 4.79 Å². The van der Waals surface area contributed by atoms with Gasteiger partial charge in [-0.2, -0.15) is 0 Å². The molecule has 0 radical (unpaired) electrons. The normalized spacial score (nSPS) is 11.8. The van der Waals surface area contributed by atoms with Gasteiger partial charge in [-0.15, -0.1) is 10.2 Å². The number of aromatic nitrogens is 2. The fraction of sp³-hybridized carbons (Fsp3) is 0.375. The van der Waals surface area contributed by atoms with Crippen molar-refractivity contribution in [2.75, 3.05) is 11.1 Å². The second-order valence-corrected chi connectivity index (χ2v) is 9.01. The van der Waals surface area contributed by atoms with Gasteiger partial charge < -0.3 is 5.32 Å². The molecular formula is C16H20N4O2S3. The summed E-state index contributed by atoms with van der Waals surface area (Å²) in [6.45, 7) is 3.89. The molecule has 1 unspecified atom stereocenters. The minimum absolute atomic E-state index is 0.367. The Balaban J connectivity index is 1.78. The van der Waals surface area contributed by atoms with E-state index in [0.29, 0.717) is 5.69 Å². The smallest absolute Gasteiger partial charge is 0.308 e. The number of carbonyl (C=O) groups excluding carboxylic acids is 2. The van der Waals surface area contributed by atoms with Crippen LogP contribution in [0.15, 0.2) is 39.0 Å². The Bertz CT molecular complexity index is 694. The molecule has 1 atom stereocenters. The van der Waals surface area contributed by atoms with Crippen molar-refractivity contribution in [1.29, 1.82) is 0 Å². The lowest BCUT2D eigenvalue weighted by Crippen LogP contribution is -2.38. The topological polar surface area (TPSA) is 84.0 Å². The molecule has 2 aromatic rings. The maximum Gasteiger partial charge on any atom is 0.325 e. The summed E-state index contributed by atoms with van der Waals surface area (Å²) in [4.78, 5) is 24.0. The molecule has 9 heteroatoms. The van der Waals surface area contributed by atoms with E-state index in [0.717, 1.165) is 27.3 Å². The van der Waals surface area contributed by atoms with E-state index in [9.17, 15) is 9.59 Å².